The standard InChI is InChI=1S/C25H31N3O2S2/c1-5-8-17(4)26-21(29)14-31-25-27-23-22(19-9-6-7-10-20(19)32-23)24(30)28(25)18-12-11-15(2)16(3)13-18/h11-13,17H,5-10,14H2,1-4H3,(H,26,29). The number of nitrogens with zero attached hydrogens (tertiary/aromatic N) is 2. The molecule has 170 valence electrons. The number of aryl methyl sites for hydroxylation is 4. The van der Waals surface area contributed by atoms with Crippen LogP contribution >= 0.6 is 23.1 Å². The van der Waals surface area contributed by atoms with Crippen molar-refractivity contribution in [3.8, 4) is 5.69 Å². The SMILES string of the molecule is CCCC(C)NC(=O)CSc1nc2sc3c(c2c(=O)n1-c1ccc(C)c(C)c1)CCCC3. The lowest BCUT2D eigenvalue weighted by Gasteiger charge is -2.15. The largest absolute Gasteiger partial charge is 0.353 e. The fraction of sp³-hybridized carbons (Fsp3) is 0.480. The number of amides is 1. The molecule has 1 amide bonds. The maximum absolute atomic E-state index is 13.8. The lowest BCUT2D eigenvalue weighted by atomic mass is 9.97. The van der Waals surface area contributed by atoms with Crippen molar-refractivity contribution < 1.29 is 4.79 Å². The van der Waals surface area contributed by atoms with Crippen molar-refractivity contribution >= 4 is 39.2 Å². The van der Waals surface area contributed by atoms with Crippen LogP contribution in [0, 0.1) is 13.8 Å². The molecule has 2 heterocycles. The summed E-state index contributed by atoms with van der Waals surface area (Å²) in [5.41, 5.74) is 4.30. The van der Waals surface area contributed by atoms with Gasteiger partial charge in [-0.25, -0.2) is 4.98 Å². The minimum Gasteiger partial charge on any atom is -0.353 e. The molecule has 0 radical (unpaired) electrons. The van der Waals surface area contributed by atoms with Crippen LogP contribution in [0.1, 0.15) is 61.1 Å². The van der Waals surface area contributed by atoms with Crippen LogP contribution in [0.3, 0.4) is 0 Å². The van der Waals surface area contributed by atoms with Crippen LogP contribution in [0.4, 0.5) is 0 Å². The third kappa shape index (κ3) is 4.64. The number of hydrogen-bond acceptors (Lipinski definition) is 5. The van der Waals surface area contributed by atoms with Gasteiger partial charge < -0.3 is 5.32 Å². The van der Waals surface area contributed by atoms with Crippen molar-refractivity contribution in [2.24, 2.45) is 0 Å². The number of rotatable bonds is 7. The van der Waals surface area contributed by atoms with Gasteiger partial charge in [0.15, 0.2) is 5.16 Å². The van der Waals surface area contributed by atoms with Gasteiger partial charge >= 0.3 is 0 Å². The summed E-state index contributed by atoms with van der Waals surface area (Å²) in [6.45, 7) is 8.25. The van der Waals surface area contributed by atoms with Gasteiger partial charge in [-0.05, 0) is 81.7 Å². The zero-order valence-corrected chi connectivity index (χ0v) is 20.9. The molecule has 7 heteroatoms. The van der Waals surface area contributed by atoms with Crippen LogP contribution < -0.4 is 10.9 Å². The molecule has 0 bridgehead atoms. The number of carbonyl (C=O) groups excluding carboxylic acids is 1. The maximum atomic E-state index is 13.8. The fourth-order valence-electron chi connectivity index (χ4n) is 4.33. The summed E-state index contributed by atoms with van der Waals surface area (Å²) in [6, 6.07) is 6.20. The summed E-state index contributed by atoms with van der Waals surface area (Å²) >= 11 is 2.99. The molecule has 0 fully saturated rings. The van der Waals surface area contributed by atoms with Crippen LogP contribution in [-0.2, 0) is 17.6 Å². The van der Waals surface area contributed by atoms with Gasteiger partial charge in [-0.1, -0.05) is 31.2 Å². The average molecular weight is 470 g/mol. The van der Waals surface area contributed by atoms with Crippen LogP contribution in [0.25, 0.3) is 15.9 Å². The molecule has 0 saturated carbocycles. The molecule has 4 rings (SSSR count). The predicted molar refractivity (Wildman–Crippen MR) is 135 cm³/mol. The minimum absolute atomic E-state index is 0.0140. The van der Waals surface area contributed by atoms with Crippen LogP contribution in [-0.4, -0.2) is 27.3 Å². The smallest absolute Gasteiger partial charge is 0.267 e. The molecule has 2 aromatic heterocycles. The van der Waals surface area contributed by atoms with Crippen molar-refractivity contribution in [2.75, 3.05) is 5.75 Å². The third-order valence-electron chi connectivity index (χ3n) is 6.17. The van der Waals surface area contributed by atoms with E-state index >= 15 is 0 Å². The quantitative estimate of drug-likeness (QED) is 0.375. The molecule has 32 heavy (non-hydrogen) atoms. The lowest BCUT2D eigenvalue weighted by molar-refractivity contribution is -0.119. The maximum Gasteiger partial charge on any atom is 0.267 e. The van der Waals surface area contributed by atoms with Gasteiger partial charge in [-0.3, -0.25) is 14.2 Å². The Labute approximate surface area is 197 Å². The highest BCUT2D eigenvalue weighted by Crippen LogP contribution is 2.35. The first-order chi connectivity index (χ1) is 15.4. The Morgan fingerprint density at radius 3 is 2.78 bits per heavy atom. The zero-order valence-electron chi connectivity index (χ0n) is 19.3. The van der Waals surface area contributed by atoms with E-state index in [1.165, 1.54) is 34.2 Å². The number of thioether (sulfide) groups is 1. The zero-order chi connectivity index (χ0) is 22.8. The number of thiophene rings is 1. The van der Waals surface area contributed by atoms with Crippen molar-refractivity contribution in [1.82, 2.24) is 14.9 Å². The van der Waals surface area contributed by atoms with E-state index in [-0.39, 0.29) is 23.3 Å². The number of fused-ring (bicyclic) bond motifs is 3. The molecule has 5 nitrogen and oxygen atoms in total. The van der Waals surface area contributed by atoms with Gasteiger partial charge in [-0.15, -0.1) is 11.3 Å². The van der Waals surface area contributed by atoms with Crippen molar-refractivity contribution in [3.05, 3.63) is 50.1 Å². The molecule has 1 aliphatic carbocycles. The Kier molecular flexibility index (Phi) is 7.05. The van der Waals surface area contributed by atoms with E-state index in [4.69, 9.17) is 4.98 Å². The highest BCUT2D eigenvalue weighted by atomic mass is 32.2. The van der Waals surface area contributed by atoms with Crippen LogP contribution in [0.15, 0.2) is 28.2 Å². The highest BCUT2D eigenvalue weighted by molar-refractivity contribution is 7.99. The molecule has 0 spiro atoms. The lowest BCUT2D eigenvalue weighted by Crippen LogP contribution is -2.34. The summed E-state index contributed by atoms with van der Waals surface area (Å²) < 4.78 is 1.71. The Balaban J connectivity index is 1.77. The van der Waals surface area contributed by atoms with Crippen molar-refractivity contribution in [2.45, 2.75) is 77.4 Å². The van der Waals surface area contributed by atoms with Crippen LogP contribution in [0.5, 0.6) is 0 Å². The van der Waals surface area contributed by atoms with Gasteiger partial charge in [0.25, 0.3) is 5.56 Å². The second-order valence-corrected chi connectivity index (χ2v) is 10.8. The monoisotopic (exact) mass is 469 g/mol. The van der Waals surface area contributed by atoms with Gasteiger partial charge in [0.05, 0.1) is 16.8 Å². The van der Waals surface area contributed by atoms with E-state index in [2.05, 4.69) is 26.1 Å². The second kappa shape index (κ2) is 9.79. The van der Waals surface area contributed by atoms with E-state index < -0.39 is 0 Å². The molecule has 1 N–H and O–H groups in total. The molecular weight excluding hydrogens is 438 g/mol. The van der Waals surface area contributed by atoms with Crippen LogP contribution in [0.2, 0.25) is 0 Å². The van der Waals surface area contributed by atoms with Gasteiger partial charge in [0.2, 0.25) is 5.91 Å². The molecule has 1 aliphatic rings. The Morgan fingerprint density at radius 2 is 2.03 bits per heavy atom. The number of aromatic nitrogens is 2. The first-order valence-electron chi connectivity index (χ1n) is 11.5. The topological polar surface area (TPSA) is 64.0 Å². The first kappa shape index (κ1) is 23.1. The summed E-state index contributed by atoms with van der Waals surface area (Å²) in [6.07, 6.45) is 6.25. The van der Waals surface area contributed by atoms with E-state index in [0.29, 0.717) is 5.16 Å². The Bertz CT molecular complexity index is 1210. The fourth-order valence-corrected chi connectivity index (χ4v) is 6.45. The molecule has 3 aromatic rings. The number of nitrogens with one attached hydrogen (secondary N) is 1. The summed E-state index contributed by atoms with van der Waals surface area (Å²) in [7, 11) is 0. The first-order valence-corrected chi connectivity index (χ1v) is 13.3. The Hall–Kier alpha value is -2.12. The molecule has 1 aromatic carbocycles. The molecule has 0 aliphatic heterocycles. The van der Waals surface area contributed by atoms with E-state index in [9.17, 15) is 9.59 Å². The summed E-state index contributed by atoms with van der Waals surface area (Å²) in [4.78, 5) is 33.3. The Morgan fingerprint density at radius 1 is 1.25 bits per heavy atom. The second-order valence-electron chi connectivity index (χ2n) is 8.74. The molecule has 1 atom stereocenters. The van der Waals surface area contributed by atoms with E-state index in [0.717, 1.165) is 53.6 Å². The molecular formula is C25H31N3O2S2. The van der Waals surface area contributed by atoms with Crippen molar-refractivity contribution in [3.63, 3.8) is 0 Å². The summed E-state index contributed by atoms with van der Waals surface area (Å²) in [5.74, 6) is 0.212. The predicted octanol–water partition coefficient (Wildman–Crippen LogP) is 5.34. The molecule has 1 unspecified atom stereocenters. The van der Waals surface area contributed by atoms with E-state index in [1.807, 2.05) is 25.1 Å². The van der Waals surface area contributed by atoms with Gasteiger partial charge in [0, 0.05) is 10.9 Å². The number of carbonyl (C=O) groups is 1. The highest BCUT2D eigenvalue weighted by Gasteiger charge is 2.23. The molecule has 0 saturated heterocycles. The average Bonchev–Trinajstić information content (AvgIpc) is 3.13. The third-order valence-corrected chi connectivity index (χ3v) is 8.29. The summed E-state index contributed by atoms with van der Waals surface area (Å²) in [5, 5.41) is 4.40. The minimum atomic E-state index is -0.0255. The van der Waals surface area contributed by atoms with Gasteiger partial charge in [-0.2, -0.15) is 0 Å². The normalized spacial score (nSPS) is 14.4. The van der Waals surface area contributed by atoms with Crippen molar-refractivity contribution in [1.29, 1.82) is 0 Å². The number of benzene rings is 1. The van der Waals surface area contributed by atoms with Gasteiger partial charge in [0.1, 0.15) is 4.83 Å². The number of hydrogen-bond donors (Lipinski definition) is 1. The van der Waals surface area contributed by atoms with E-state index in [1.54, 1.807) is 15.9 Å².